The van der Waals surface area contributed by atoms with E-state index in [1.165, 1.54) is 12.1 Å². The number of amides is 1. The molecule has 0 saturated heterocycles. The summed E-state index contributed by atoms with van der Waals surface area (Å²) in [6, 6.07) is 10.0. The van der Waals surface area contributed by atoms with Gasteiger partial charge in [0.25, 0.3) is 0 Å². The molecule has 1 amide bonds. The smallest absolute Gasteiger partial charge is 0.235 e. The number of halogens is 2. The van der Waals surface area contributed by atoms with Crippen LogP contribution >= 0.6 is 11.6 Å². The van der Waals surface area contributed by atoms with Crippen LogP contribution in [0.1, 0.15) is 24.0 Å². The molecule has 122 valence electrons. The van der Waals surface area contributed by atoms with Gasteiger partial charge in [0.1, 0.15) is 5.82 Å². The molecule has 3 nitrogen and oxygen atoms in total. The lowest BCUT2D eigenvalue weighted by molar-refractivity contribution is -0.118. The van der Waals surface area contributed by atoms with Crippen molar-refractivity contribution in [2.75, 3.05) is 5.32 Å². The summed E-state index contributed by atoms with van der Waals surface area (Å²) in [6.45, 7) is 1.91. The number of rotatable bonds is 3. The molecule has 0 radical (unpaired) electrons. The molecule has 1 aliphatic rings. The van der Waals surface area contributed by atoms with Gasteiger partial charge in [0.2, 0.25) is 5.91 Å². The molecular formula is C19H16ClFN2O. The quantitative estimate of drug-likeness (QED) is 0.695. The van der Waals surface area contributed by atoms with Gasteiger partial charge in [-0.15, -0.1) is 0 Å². The summed E-state index contributed by atoms with van der Waals surface area (Å²) in [7, 11) is 0. The van der Waals surface area contributed by atoms with Crippen LogP contribution in [0.4, 0.5) is 10.1 Å². The van der Waals surface area contributed by atoms with Crippen LogP contribution in [0.3, 0.4) is 0 Å². The van der Waals surface area contributed by atoms with Crippen molar-refractivity contribution in [2.45, 2.75) is 25.2 Å². The van der Waals surface area contributed by atoms with Crippen LogP contribution in [0.2, 0.25) is 5.02 Å². The number of nitrogens with one attached hydrogen (secondary N) is 2. The summed E-state index contributed by atoms with van der Waals surface area (Å²) in [5, 5.41) is 4.56. The standard InChI is InChI=1S/C19H16ClFN2O/c1-11-8-12(20)2-5-16(11)23-18(24)19(6-7-19)15-10-22-17-9-13(21)3-4-14(15)17/h2-5,8-10,22H,6-7H2,1H3,(H,23,24). The molecule has 1 heterocycles. The molecule has 0 atom stereocenters. The van der Waals surface area contributed by atoms with E-state index in [2.05, 4.69) is 10.3 Å². The van der Waals surface area contributed by atoms with Crippen LogP contribution in [0.25, 0.3) is 10.9 Å². The van der Waals surface area contributed by atoms with Gasteiger partial charge in [0, 0.05) is 27.8 Å². The fourth-order valence-electron chi connectivity index (χ4n) is 3.25. The maximum absolute atomic E-state index is 13.4. The van der Waals surface area contributed by atoms with Crippen LogP contribution in [0.15, 0.2) is 42.6 Å². The van der Waals surface area contributed by atoms with Crippen molar-refractivity contribution < 1.29 is 9.18 Å². The van der Waals surface area contributed by atoms with Gasteiger partial charge < -0.3 is 10.3 Å². The Bertz CT molecular complexity index is 959. The molecule has 1 fully saturated rings. The molecule has 0 unspecified atom stereocenters. The first-order valence-electron chi connectivity index (χ1n) is 7.84. The molecular weight excluding hydrogens is 327 g/mol. The van der Waals surface area contributed by atoms with Crippen LogP contribution in [0, 0.1) is 12.7 Å². The second-order valence-electron chi connectivity index (χ2n) is 6.39. The molecule has 2 N–H and O–H groups in total. The summed E-state index contributed by atoms with van der Waals surface area (Å²) < 4.78 is 13.4. The minimum Gasteiger partial charge on any atom is -0.361 e. The van der Waals surface area contributed by atoms with E-state index in [0.29, 0.717) is 10.5 Å². The number of hydrogen-bond donors (Lipinski definition) is 2. The molecule has 1 aromatic heterocycles. The Morgan fingerprint density at radius 3 is 2.75 bits per heavy atom. The number of aromatic amines is 1. The minimum absolute atomic E-state index is 0.0295. The predicted octanol–water partition coefficient (Wildman–Crippen LogP) is 4.94. The van der Waals surface area contributed by atoms with Crippen molar-refractivity contribution in [1.82, 2.24) is 4.98 Å². The molecule has 5 heteroatoms. The zero-order valence-corrected chi connectivity index (χ0v) is 13.9. The largest absolute Gasteiger partial charge is 0.361 e. The molecule has 3 aromatic rings. The summed E-state index contributed by atoms with van der Waals surface area (Å²) in [5.41, 5.74) is 2.80. The van der Waals surface area contributed by atoms with E-state index in [1.54, 1.807) is 12.1 Å². The second-order valence-corrected chi connectivity index (χ2v) is 6.82. The average molecular weight is 343 g/mol. The highest BCUT2D eigenvalue weighted by molar-refractivity contribution is 6.30. The third kappa shape index (κ3) is 2.38. The van der Waals surface area contributed by atoms with Gasteiger partial charge >= 0.3 is 0 Å². The Balaban J connectivity index is 1.68. The zero-order chi connectivity index (χ0) is 16.9. The van der Waals surface area contributed by atoms with E-state index in [0.717, 1.165) is 35.0 Å². The van der Waals surface area contributed by atoms with Gasteiger partial charge in [0.15, 0.2) is 0 Å². The van der Waals surface area contributed by atoms with E-state index >= 15 is 0 Å². The van der Waals surface area contributed by atoms with Crippen molar-refractivity contribution in [2.24, 2.45) is 0 Å². The fraction of sp³-hybridized carbons (Fsp3) is 0.211. The Hall–Kier alpha value is -2.33. The lowest BCUT2D eigenvalue weighted by Gasteiger charge is -2.16. The van der Waals surface area contributed by atoms with Crippen molar-refractivity contribution in [3.63, 3.8) is 0 Å². The van der Waals surface area contributed by atoms with Gasteiger partial charge in [0.05, 0.1) is 5.41 Å². The lowest BCUT2D eigenvalue weighted by Crippen LogP contribution is -2.28. The van der Waals surface area contributed by atoms with Gasteiger partial charge in [-0.1, -0.05) is 11.6 Å². The van der Waals surface area contributed by atoms with E-state index in [9.17, 15) is 9.18 Å². The fourth-order valence-corrected chi connectivity index (χ4v) is 3.47. The number of fused-ring (bicyclic) bond motifs is 1. The topological polar surface area (TPSA) is 44.9 Å². The first-order valence-corrected chi connectivity index (χ1v) is 8.22. The normalized spacial score (nSPS) is 15.5. The average Bonchev–Trinajstić information content (AvgIpc) is 3.24. The van der Waals surface area contributed by atoms with Crippen molar-refractivity contribution in [3.8, 4) is 0 Å². The summed E-state index contributed by atoms with van der Waals surface area (Å²) in [6.07, 6.45) is 3.40. The molecule has 0 spiro atoms. The highest BCUT2D eigenvalue weighted by Gasteiger charge is 2.52. The van der Waals surface area contributed by atoms with Crippen LogP contribution in [0.5, 0.6) is 0 Å². The SMILES string of the molecule is Cc1cc(Cl)ccc1NC(=O)C1(c2c[nH]c3cc(F)ccc23)CC1. The van der Waals surface area contributed by atoms with Crippen LogP contribution in [-0.2, 0) is 10.2 Å². The number of benzene rings is 2. The first-order chi connectivity index (χ1) is 11.5. The minimum atomic E-state index is -0.540. The third-order valence-electron chi connectivity index (χ3n) is 4.78. The van der Waals surface area contributed by atoms with E-state index in [-0.39, 0.29) is 11.7 Å². The number of anilines is 1. The summed E-state index contributed by atoms with van der Waals surface area (Å²) in [5.74, 6) is -0.319. The van der Waals surface area contributed by atoms with Crippen molar-refractivity contribution in [1.29, 1.82) is 0 Å². The number of aromatic nitrogens is 1. The summed E-state index contributed by atoms with van der Waals surface area (Å²) in [4.78, 5) is 16.0. The number of carbonyl (C=O) groups is 1. The van der Waals surface area contributed by atoms with Gasteiger partial charge in [-0.3, -0.25) is 4.79 Å². The van der Waals surface area contributed by atoms with Gasteiger partial charge in [-0.2, -0.15) is 0 Å². The molecule has 1 saturated carbocycles. The highest BCUT2D eigenvalue weighted by atomic mass is 35.5. The number of hydrogen-bond acceptors (Lipinski definition) is 1. The van der Waals surface area contributed by atoms with Crippen molar-refractivity contribution in [3.05, 3.63) is 64.6 Å². The molecule has 2 aromatic carbocycles. The predicted molar refractivity (Wildman–Crippen MR) is 94.0 cm³/mol. The van der Waals surface area contributed by atoms with Crippen LogP contribution < -0.4 is 5.32 Å². The van der Waals surface area contributed by atoms with E-state index in [4.69, 9.17) is 11.6 Å². The number of H-pyrrole nitrogens is 1. The first kappa shape index (κ1) is 15.2. The Morgan fingerprint density at radius 2 is 2.04 bits per heavy atom. The number of aryl methyl sites for hydroxylation is 1. The van der Waals surface area contributed by atoms with Gasteiger partial charge in [-0.25, -0.2) is 4.39 Å². The monoisotopic (exact) mass is 342 g/mol. The van der Waals surface area contributed by atoms with Gasteiger partial charge in [-0.05, 0) is 67.3 Å². The van der Waals surface area contributed by atoms with E-state index < -0.39 is 5.41 Å². The third-order valence-corrected chi connectivity index (χ3v) is 5.02. The lowest BCUT2D eigenvalue weighted by atomic mass is 9.94. The molecule has 24 heavy (non-hydrogen) atoms. The number of carbonyl (C=O) groups excluding carboxylic acids is 1. The Labute approximate surface area is 143 Å². The maximum atomic E-state index is 13.4. The Kier molecular flexibility index (Phi) is 3.39. The van der Waals surface area contributed by atoms with Crippen molar-refractivity contribution >= 4 is 34.1 Å². The maximum Gasteiger partial charge on any atom is 0.235 e. The van der Waals surface area contributed by atoms with Crippen LogP contribution in [-0.4, -0.2) is 10.9 Å². The molecule has 4 rings (SSSR count). The highest BCUT2D eigenvalue weighted by Crippen LogP contribution is 2.51. The molecule has 0 aliphatic heterocycles. The second kappa shape index (κ2) is 5.35. The molecule has 0 bridgehead atoms. The zero-order valence-electron chi connectivity index (χ0n) is 13.1. The molecule has 1 aliphatic carbocycles. The summed E-state index contributed by atoms with van der Waals surface area (Å²) >= 11 is 5.97. The van der Waals surface area contributed by atoms with E-state index in [1.807, 2.05) is 25.3 Å². The Morgan fingerprint density at radius 1 is 1.25 bits per heavy atom.